The lowest BCUT2D eigenvalue weighted by Gasteiger charge is -2.08. The number of nitrogens with one attached hydrogen (secondary N) is 2. The Bertz CT molecular complexity index is 986. The lowest BCUT2D eigenvalue weighted by molar-refractivity contribution is -0.137. The molecule has 0 fully saturated rings. The monoisotopic (exact) mass is 437 g/mol. The average molecular weight is 438 g/mol. The average Bonchev–Trinajstić information content (AvgIpc) is 3.15. The fourth-order valence-corrected chi connectivity index (χ4v) is 2.62. The molecule has 0 spiro atoms. The Hall–Kier alpha value is -3.01. The number of amides is 1. The molecule has 0 atom stereocenters. The van der Waals surface area contributed by atoms with E-state index in [-0.39, 0.29) is 5.56 Å². The number of nitrogens with zero attached hydrogens (tertiary/aromatic N) is 3. The number of halogens is 4. The zero-order valence-corrected chi connectivity index (χ0v) is 15.0. The molecular weight excluding hydrogens is 427 g/mol. The van der Waals surface area contributed by atoms with Crippen LogP contribution in [0.5, 0.6) is 0 Å². The molecule has 0 aliphatic heterocycles. The summed E-state index contributed by atoms with van der Waals surface area (Å²) in [7, 11) is 0. The summed E-state index contributed by atoms with van der Waals surface area (Å²) < 4.78 is 39.0. The van der Waals surface area contributed by atoms with Gasteiger partial charge in [0.05, 0.1) is 11.3 Å². The summed E-state index contributed by atoms with van der Waals surface area (Å²) in [4.78, 5) is 12.2. The second-order valence-corrected chi connectivity index (χ2v) is 6.30. The molecule has 0 saturated heterocycles. The first-order valence-electron chi connectivity index (χ1n) is 7.53. The standard InChI is InChI=1S/C17H11BrF3N5O/c18-12-5-6-14(13(9-12)16-23-25-26-24-16)22-15(27)7-4-10-2-1-3-11(8-10)17(19,20)21/h1-9H,(H,22,27)(H,23,24,25,26). The first-order valence-corrected chi connectivity index (χ1v) is 8.32. The van der Waals surface area contributed by atoms with Crippen LogP contribution >= 0.6 is 15.9 Å². The van der Waals surface area contributed by atoms with Gasteiger partial charge < -0.3 is 5.32 Å². The summed E-state index contributed by atoms with van der Waals surface area (Å²) in [6.45, 7) is 0. The van der Waals surface area contributed by atoms with Crippen molar-refractivity contribution in [3.05, 3.63) is 64.1 Å². The Morgan fingerprint density at radius 1 is 1.19 bits per heavy atom. The largest absolute Gasteiger partial charge is 0.416 e. The molecule has 0 radical (unpaired) electrons. The molecular formula is C17H11BrF3N5O. The van der Waals surface area contributed by atoms with Crippen LogP contribution in [0.15, 0.2) is 53.0 Å². The van der Waals surface area contributed by atoms with Crippen molar-refractivity contribution in [1.29, 1.82) is 0 Å². The predicted octanol–water partition coefficient (Wildman–Crippen LogP) is 4.30. The molecule has 0 unspecified atom stereocenters. The molecule has 10 heteroatoms. The number of carbonyl (C=O) groups is 1. The molecule has 2 N–H and O–H groups in total. The van der Waals surface area contributed by atoms with Crippen molar-refractivity contribution >= 4 is 33.6 Å². The molecule has 1 aromatic heterocycles. The van der Waals surface area contributed by atoms with Crippen LogP contribution in [0.25, 0.3) is 17.5 Å². The Kier molecular flexibility index (Phi) is 5.36. The van der Waals surface area contributed by atoms with Crippen molar-refractivity contribution in [2.75, 3.05) is 5.32 Å². The van der Waals surface area contributed by atoms with Crippen LogP contribution in [-0.2, 0) is 11.0 Å². The summed E-state index contributed by atoms with van der Waals surface area (Å²) in [5.41, 5.74) is 0.471. The van der Waals surface area contributed by atoms with Gasteiger partial charge in [-0.2, -0.15) is 13.2 Å². The highest BCUT2D eigenvalue weighted by Crippen LogP contribution is 2.30. The fourth-order valence-electron chi connectivity index (χ4n) is 2.26. The van der Waals surface area contributed by atoms with Crippen molar-refractivity contribution in [3.8, 4) is 11.4 Å². The number of hydrogen-bond donors (Lipinski definition) is 2. The summed E-state index contributed by atoms with van der Waals surface area (Å²) in [6.07, 6.45) is -1.98. The summed E-state index contributed by atoms with van der Waals surface area (Å²) >= 11 is 3.33. The second-order valence-electron chi connectivity index (χ2n) is 5.39. The first-order chi connectivity index (χ1) is 12.8. The molecule has 6 nitrogen and oxygen atoms in total. The number of carbonyl (C=O) groups excluding carboxylic acids is 1. The number of aromatic amines is 1. The third kappa shape index (κ3) is 4.79. The number of alkyl halides is 3. The molecule has 0 saturated carbocycles. The van der Waals surface area contributed by atoms with Crippen LogP contribution in [0.2, 0.25) is 0 Å². The Balaban J connectivity index is 1.78. The van der Waals surface area contributed by atoms with Crippen LogP contribution in [0.4, 0.5) is 18.9 Å². The molecule has 3 aromatic rings. The maximum Gasteiger partial charge on any atom is 0.416 e. The number of anilines is 1. The van der Waals surface area contributed by atoms with E-state index in [0.29, 0.717) is 17.1 Å². The number of hydrogen-bond acceptors (Lipinski definition) is 4. The van der Waals surface area contributed by atoms with E-state index in [9.17, 15) is 18.0 Å². The topological polar surface area (TPSA) is 83.6 Å². The number of aromatic nitrogens is 4. The van der Waals surface area contributed by atoms with Crippen molar-refractivity contribution in [3.63, 3.8) is 0 Å². The SMILES string of the molecule is O=C(C=Cc1cccc(C(F)(F)F)c1)Nc1ccc(Br)cc1-c1nnn[nH]1. The van der Waals surface area contributed by atoms with E-state index in [0.717, 1.165) is 22.7 Å². The van der Waals surface area contributed by atoms with Crippen LogP contribution < -0.4 is 5.32 Å². The van der Waals surface area contributed by atoms with Gasteiger partial charge in [0.25, 0.3) is 0 Å². The predicted molar refractivity (Wildman–Crippen MR) is 96.4 cm³/mol. The molecule has 138 valence electrons. The number of tetrazole rings is 1. The molecule has 1 amide bonds. The molecule has 0 aliphatic carbocycles. The highest BCUT2D eigenvalue weighted by Gasteiger charge is 2.30. The smallest absolute Gasteiger partial charge is 0.322 e. The van der Waals surface area contributed by atoms with Gasteiger partial charge in [-0.05, 0) is 52.4 Å². The maximum atomic E-state index is 12.7. The van der Waals surface area contributed by atoms with Crippen LogP contribution in [0.3, 0.4) is 0 Å². The number of rotatable bonds is 4. The van der Waals surface area contributed by atoms with E-state index in [1.54, 1.807) is 18.2 Å². The van der Waals surface area contributed by atoms with Gasteiger partial charge in [-0.3, -0.25) is 4.79 Å². The zero-order valence-electron chi connectivity index (χ0n) is 13.5. The Morgan fingerprint density at radius 3 is 2.70 bits per heavy atom. The van der Waals surface area contributed by atoms with Crippen LogP contribution in [0, 0.1) is 0 Å². The minimum atomic E-state index is -4.44. The van der Waals surface area contributed by atoms with Gasteiger partial charge in [0.15, 0.2) is 5.82 Å². The number of benzene rings is 2. The van der Waals surface area contributed by atoms with Gasteiger partial charge in [-0.1, -0.05) is 28.1 Å². The second kappa shape index (κ2) is 7.70. The van der Waals surface area contributed by atoms with E-state index in [2.05, 4.69) is 41.9 Å². The summed E-state index contributed by atoms with van der Waals surface area (Å²) in [6, 6.07) is 9.78. The molecule has 27 heavy (non-hydrogen) atoms. The number of H-pyrrole nitrogens is 1. The summed E-state index contributed by atoms with van der Waals surface area (Å²) in [5, 5.41) is 16.1. The minimum absolute atomic E-state index is 0.260. The Morgan fingerprint density at radius 2 is 2.00 bits per heavy atom. The van der Waals surface area contributed by atoms with Gasteiger partial charge in [0.2, 0.25) is 5.91 Å². The van der Waals surface area contributed by atoms with Gasteiger partial charge in [0, 0.05) is 16.1 Å². The highest BCUT2D eigenvalue weighted by molar-refractivity contribution is 9.10. The summed E-state index contributed by atoms with van der Waals surface area (Å²) in [5.74, 6) is -0.156. The lowest BCUT2D eigenvalue weighted by atomic mass is 10.1. The van der Waals surface area contributed by atoms with E-state index in [4.69, 9.17) is 0 Å². The van der Waals surface area contributed by atoms with E-state index < -0.39 is 17.6 Å². The van der Waals surface area contributed by atoms with Crippen molar-refractivity contribution < 1.29 is 18.0 Å². The third-order valence-electron chi connectivity index (χ3n) is 3.48. The quantitative estimate of drug-likeness (QED) is 0.596. The fraction of sp³-hybridized carbons (Fsp3) is 0.0588. The van der Waals surface area contributed by atoms with Gasteiger partial charge >= 0.3 is 6.18 Å². The van der Waals surface area contributed by atoms with Gasteiger partial charge in [-0.15, -0.1) is 5.10 Å². The van der Waals surface area contributed by atoms with Gasteiger partial charge in [0.1, 0.15) is 0 Å². The van der Waals surface area contributed by atoms with Crippen molar-refractivity contribution in [2.24, 2.45) is 0 Å². The third-order valence-corrected chi connectivity index (χ3v) is 3.97. The molecule has 2 aromatic carbocycles. The van der Waals surface area contributed by atoms with Gasteiger partial charge in [-0.25, -0.2) is 5.10 Å². The molecule has 1 heterocycles. The van der Waals surface area contributed by atoms with E-state index >= 15 is 0 Å². The Labute approximate surface area is 159 Å². The van der Waals surface area contributed by atoms with Crippen molar-refractivity contribution in [2.45, 2.75) is 6.18 Å². The van der Waals surface area contributed by atoms with Crippen LogP contribution in [-0.4, -0.2) is 26.5 Å². The normalized spacial score (nSPS) is 11.7. The highest BCUT2D eigenvalue weighted by atomic mass is 79.9. The molecule has 0 bridgehead atoms. The van der Waals surface area contributed by atoms with Crippen molar-refractivity contribution in [1.82, 2.24) is 20.6 Å². The van der Waals surface area contributed by atoms with E-state index in [1.807, 2.05) is 0 Å². The van der Waals surface area contributed by atoms with Crippen LogP contribution in [0.1, 0.15) is 11.1 Å². The van der Waals surface area contributed by atoms with E-state index in [1.165, 1.54) is 18.2 Å². The first kappa shape index (κ1) is 18.8. The lowest BCUT2D eigenvalue weighted by Crippen LogP contribution is -2.09. The maximum absolute atomic E-state index is 12.7. The molecule has 0 aliphatic rings. The minimum Gasteiger partial charge on any atom is -0.322 e. The molecule has 3 rings (SSSR count). The zero-order chi connectivity index (χ0) is 19.4.